The summed E-state index contributed by atoms with van der Waals surface area (Å²) in [7, 11) is 0. The summed E-state index contributed by atoms with van der Waals surface area (Å²) in [6.45, 7) is 10.2. The smallest absolute Gasteiger partial charge is 0.132 e. The lowest BCUT2D eigenvalue weighted by molar-refractivity contribution is 0.316. The number of nitrogen functional groups attached to an aromatic ring is 1. The van der Waals surface area contributed by atoms with Crippen molar-refractivity contribution in [3.8, 4) is 11.1 Å². The Hall–Kier alpha value is -1.80. The first kappa shape index (κ1) is 14.6. The molecule has 0 radical (unpaired) electrons. The van der Waals surface area contributed by atoms with Gasteiger partial charge in [0.05, 0.1) is 19.6 Å². The molecule has 0 aromatic heterocycles. The number of rotatable bonds is 5. The van der Waals surface area contributed by atoms with Crippen LogP contribution in [-0.2, 0) is 0 Å². The second kappa shape index (κ2) is 6.10. The van der Waals surface area contributed by atoms with E-state index >= 15 is 0 Å². The van der Waals surface area contributed by atoms with Crippen molar-refractivity contribution >= 4 is 11.4 Å². The molecule has 0 fully saturated rings. The topological polar surface area (TPSA) is 26.0 Å². The molecule has 0 aliphatic heterocycles. The zero-order chi connectivity index (χ0) is 14.6. The van der Waals surface area contributed by atoms with E-state index in [2.05, 4.69) is 57.2 Å². The summed E-state index contributed by atoms with van der Waals surface area (Å²) in [5.41, 5.74) is 10.4. The van der Waals surface area contributed by atoms with Crippen LogP contribution in [0.2, 0.25) is 0 Å². The molecule has 0 amide bonds. The van der Waals surface area contributed by atoms with Crippen molar-refractivity contribution in [3.63, 3.8) is 0 Å². The molecule has 0 aliphatic rings. The van der Waals surface area contributed by atoms with E-state index in [4.69, 9.17) is 5.73 Å². The van der Waals surface area contributed by atoms with Crippen molar-refractivity contribution in [2.24, 2.45) is 0 Å². The minimum atomic E-state index is 0.809. The SMILES string of the molecule is CC[N+](CC)(CC)c1ccc(-c2ccc(N)cc2)cc1. The van der Waals surface area contributed by atoms with Gasteiger partial charge in [0, 0.05) is 5.69 Å². The van der Waals surface area contributed by atoms with Crippen LogP contribution in [-0.4, -0.2) is 19.6 Å². The number of benzene rings is 2. The number of quaternary nitrogens is 1. The molecule has 0 bridgehead atoms. The van der Waals surface area contributed by atoms with Crippen LogP contribution in [0.1, 0.15) is 20.8 Å². The normalized spacial score (nSPS) is 11.6. The van der Waals surface area contributed by atoms with Crippen LogP contribution in [0, 0.1) is 0 Å². The third kappa shape index (κ3) is 2.70. The third-order valence-corrected chi connectivity index (χ3v) is 4.48. The highest BCUT2D eigenvalue weighted by atomic mass is 15.3. The molecule has 0 saturated carbocycles. The number of anilines is 1. The lowest BCUT2D eigenvalue weighted by Gasteiger charge is -2.35. The maximum atomic E-state index is 5.74. The summed E-state index contributed by atoms with van der Waals surface area (Å²) >= 11 is 0. The molecule has 0 heterocycles. The Balaban J connectivity index is 2.32. The fourth-order valence-electron chi connectivity index (χ4n) is 2.86. The molecule has 2 rings (SSSR count). The van der Waals surface area contributed by atoms with Crippen LogP contribution >= 0.6 is 0 Å². The maximum Gasteiger partial charge on any atom is 0.132 e. The molecule has 2 aromatic carbocycles. The van der Waals surface area contributed by atoms with Crippen molar-refractivity contribution in [2.75, 3.05) is 25.4 Å². The average molecular weight is 269 g/mol. The zero-order valence-corrected chi connectivity index (χ0v) is 12.8. The molecular weight excluding hydrogens is 244 g/mol. The summed E-state index contributed by atoms with van der Waals surface area (Å²) in [5, 5.41) is 0. The Labute approximate surface area is 122 Å². The van der Waals surface area contributed by atoms with Gasteiger partial charge in [-0.15, -0.1) is 0 Å². The molecule has 0 atom stereocenters. The van der Waals surface area contributed by atoms with Gasteiger partial charge in [-0.05, 0) is 68.3 Å². The van der Waals surface area contributed by atoms with E-state index in [1.165, 1.54) is 16.8 Å². The Morgan fingerprint density at radius 2 is 1.10 bits per heavy atom. The molecule has 106 valence electrons. The molecule has 2 aromatic rings. The molecular formula is C18H25N2+. The second-order valence-electron chi connectivity index (χ2n) is 5.26. The largest absolute Gasteiger partial charge is 0.399 e. The van der Waals surface area contributed by atoms with Gasteiger partial charge < -0.3 is 5.73 Å². The zero-order valence-electron chi connectivity index (χ0n) is 12.8. The van der Waals surface area contributed by atoms with Gasteiger partial charge >= 0.3 is 0 Å². The molecule has 0 unspecified atom stereocenters. The number of nitrogens with zero attached hydrogens (tertiary/aromatic N) is 1. The quantitative estimate of drug-likeness (QED) is 0.635. The van der Waals surface area contributed by atoms with Crippen LogP contribution in [0.3, 0.4) is 0 Å². The van der Waals surface area contributed by atoms with E-state index in [1.54, 1.807) is 0 Å². The van der Waals surface area contributed by atoms with E-state index in [9.17, 15) is 0 Å². The monoisotopic (exact) mass is 269 g/mol. The Kier molecular flexibility index (Phi) is 4.46. The van der Waals surface area contributed by atoms with E-state index < -0.39 is 0 Å². The standard InChI is InChI=1S/C18H25N2/c1-4-20(5-2,6-3)18-13-9-16(10-14-18)15-7-11-17(19)12-8-15/h7-14H,4-6,19H2,1-3H3/q+1. The molecule has 0 aliphatic carbocycles. The average Bonchev–Trinajstić information content (AvgIpc) is 2.51. The Morgan fingerprint density at radius 3 is 1.50 bits per heavy atom. The highest BCUT2D eigenvalue weighted by molar-refractivity contribution is 5.67. The first-order chi connectivity index (χ1) is 9.65. The van der Waals surface area contributed by atoms with E-state index in [0.717, 1.165) is 29.8 Å². The molecule has 0 saturated heterocycles. The maximum absolute atomic E-state index is 5.74. The first-order valence-electron chi connectivity index (χ1n) is 7.48. The summed E-state index contributed by atoms with van der Waals surface area (Å²) < 4.78 is 1.04. The van der Waals surface area contributed by atoms with Gasteiger partial charge in [-0.3, -0.25) is 4.48 Å². The lowest BCUT2D eigenvalue weighted by Crippen LogP contribution is -2.48. The lowest BCUT2D eigenvalue weighted by atomic mass is 10.0. The van der Waals surface area contributed by atoms with Crippen LogP contribution in [0.5, 0.6) is 0 Å². The highest BCUT2D eigenvalue weighted by Crippen LogP contribution is 2.27. The van der Waals surface area contributed by atoms with Crippen LogP contribution in [0.25, 0.3) is 11.1 Å². The first-order valence-corrected chi connectivity index (χ1v) is 7.48. The van der Waals surface area contributed by atoms with Gasteiger partial charge in [0.25, 0.3) is 0 Å². The van der Waals surface area contributed by atoms with Gasteiger partial charge in [0.2, 0.25) is 0 Å². The molecule has 20 heavy (non-hydrogen) atoms. The van der Waals surface area contributed by atoms with Gasteiger partial charge in [-0.1, -0.05) is 12.1 Å². The highest BCUT2D eigenvalue weighted by Gasteiger charge is 2.23. The minimum Gasteiger partial charge on any atom is -0.399 e. The van der Waals surface area contributed by atoms with E-state index in [-0.39, 0.29) is 0 Å². The Bertz CT molecular complexity index is 528. The van der Waals surface area contributed by atoms with Crippen LogP contribution in [0.4, 0.5) is 11.4 Å². The summed E-state index contributed by atoms with van der Waals surface area (Å²) in [6.07, 6.45) is 0. The fraction of sp³-hybridized carbons (Fsp3) is 0.333. The van der Waals surface area contributed by atoms with Crippen molar-refractivity contribution < 1.29 is 0 Å². The van der Waals surface area contributed by atoms with Crippen molar-refractivity contribution in [3.05, 3.63) is 48.5 Å². The van der Waals surface area contributed by atoms with Crippen LogP contribution in [0.15, 0.2) is 48.5 Å². The van der Waals surface area contributed by atoms with E-state index in [1.807, 2.05) is 12.1 Å². The number of hydrogen-bond donors (Lipinski definition) is 1. The number of hydrogen-bond acceptors (Lipinski definition) is 1. The van der Waals surface area contributed by atoms with Crippen molar-refractivity contribution in [1.82, 2.24) is 4.48 Å². The molecule has 0 spiro atoms. The summed E-state index contributed by atoms with van der Waals surface area (Å²) in [6, 6.07) is 17.0. The van der Waals surface area contributed by atoms with Gasteiger partial charge in [-0.2, -0.15) is 0 Å². The van der Waals surface area contributed by atoms with E-state index in [0.29, 0.717) is 0 Å². The molecule has 2 N–H and O–H groups in total. The fourth-order valence-corrected chi connectivity index (χ4v) is 2.86. The predicted molar refractivity (Wildman–Crippen MR) is 89.7 cm³/mol. The summed E-state index contributed by atoms with van der Waals surface area (Å²) in [4.78, 5) is 0. The van der Waals surface area contributed by atoms with Gasteiger partial charge in [0.1, 0.15) is 5.69 Å². The number of nitrogens with two attached hydrogens (primary N) is 1. The summed E-state index contributed by atoms with van der Waals surface area (Å²) in [5.74, 6) is 0. The van der Waals surface area contributed by atoms with Crippen molar-refractivity contribution in [1.29, 1.82) is 0 Å². The second-order valence-corrected chi connectivity index (χ2v) is 5.26. The minimum absolute atomic E-state index is 0.809. The van der Waals surface area contributed by atoms with Gasteiger partial charge in [0.15, 0.2) is 0 Å². The van der Waals surface area contributed by atoms with Gasteiger partial charge in [-0.25, -0.2) is 0 Å². The van der Waals surface area contributed by atoms with Crippen LogP contribution < -0.4 is 10.2 Å². The predicted octanol–water partition coefficient (Wildman–Crippen LogP) is 4.30. The Morgan fingerprint density at radius 1 is 0.700 bits per heavy atom. The third-order valence-electron chi connectivity index (χ3n) is 4.48. The molecule has 2 nitrogen and oxygen atoms in total. The van der Waals surface area contributed by atoms with Crippen molar-refractivity contribution in [2.45, 2.75) is 20.8 Å². The molecule has 2 heteroatoms.